The maximum atomic E-state index is 11.8. The van der Waals surface area contributed by atoms with Gasteiger partial charge in [0, 0.05) is 30.6 Å². The van der Waals surface area contributed by atoms with Crippen LogP contribution in [0.25, 0.3) is 11.3 Å². The quantitative estimate of drug-likeness (QED) is 0.355. The van der Waals surface area contributed by atoms with Gasteiger partial charge in [0.25, 0.3) is 0 Å². The highest BCUT2D eigenvalue weighted by Crippen LogP contribution is 2.34. The third-order valence-electron chi connectivity index (χ3n) is 5.53. The van der Waals surface area contributed by atoms with Gasteiger partial charge in [0.2, 0.25) is 10.0 Å². The lowest BCUT2D eigenvalue weighted by atomic mass is 10.2. The summed E-state index contributed by atoms with van der Waals surface area (Å²) in [4.78, 5) is 7.05. The second kappa shape index (κ2) is 12.0. The summed E-state index contributed by atoms with van der Waals surface area (Å²) in [6, 6.07) is 12.3. The summed E-state index contributed by atoms with van der Waals surface area (Å²) in [5, 5.41) is 11.0. The summed E-state index contributed by atoms with van der Waals surface area (Å²) in [5.41, 5.74) is 2.24. The molecule has 36 heavy (non-hydrogen) atoms. The molecule has 1 fully saturated rings. The van der Waals surface area contributed by atoms with E-state index in [4.69, 9.17) is 19.3 Å². The molecule has 0 spiro atoms. The molecule has 1 saturated heterocycles. The number of primary sulfonamides is 1. The van der Waals surface area contributed by atoms with Crippen LogP contribution in [-0.4, -0.2) is 63.9 Å². The highest BCUT2D eigenvalue weighted by Gasteiger charge is 2.15. The van der Waals surface area contributed by atoms with E-state index >= 15 is 0 Å². The van der Waals surface area contributed by atoms with Gasteiger partial charge in [0.05, 0.1) is 42.2 Å². The molecule has 11 heteroatoms. The SMILES string of the molecule is CC(C)Oc1ccc(S(N)(=O)=O)cc1Nc1nc(-c2ccc(OCCCN3CCOCC3)cc2)cs1. The van der Waals surface area contributed by atoms with E-state index in [1.807, 2.05) is 43.5 Å². The molecule has 194 valence electrons. The lowest BCUT2D eigenvalue weighted by Gasteiger charge is -2.26. The molecule has 1 aliphatic rings. The number of sulfonamides is 1. The molecule has 0 atom stereocenters. The van der Waals surface area contributed by atoms with Crippen LogP contribution in [0.1, 0.15) is 20.3 Å². The third-order valence-corrected chi connectivity index (χ3v) is 7.20. The molecule has 3 N–H and O–H groups in total. The zero-order chi connectivity index (χ0) is 25.5. The van der Waals surface area contributed by atoms with Crippen LogP contribution in [0.5, 0.6) is 11.5 Å². The number of ether oxygens (including phenoxy) is 3. The highest BCUT2D eigenvalue weighted by molar-refractivity contribution is 7.89. The zero-order valence-corrected chi connectivity index (χ0v) is 22.1. The highest BCUT2D eigenvalue weighted by atomic mass is 32.2. The van der Waals surface area contributed by atoms with Gasteiger partial charge in [0.15, 0.2) is 5.13 Å². The van der Waals surface area contributed by atoms with E-state index in [9.17, 15) is 8.42 Å². The van der Waals surface area contributed by atoms with Crippen molar-refractivity contribution in [2.75, 3.05) is 44.8 Å². The molecule has 0 aliphatic carbocycles. The van der Waals surface area contributed by atoms with Crippen molar-refractivity contribution in [3.8, 4) is 22.8 Å². The summed E-state index contributed by atoms with van der Waals surface area (Å²) in [6.45, 7) is 9.08. The van der Waals surface area contributed by atoms with Crippen LogP contribution < -0.4 is 19.9 Å². The summed E-state index contributed by atoms with van der Waals surface area (Å²) >= 11 is 1.41. The minimum atomic E-state index is -3.85. The average Bonchev–Trinajstić information content (AvgIpc) is 3.31. The summed E-state index contributed by atoms with van der Waals surface area (Å²) in [7, 11) is -3.85. The first-order valence-electron chi connectivity index (χ1n) is 11.9. The Bertz CT molecular complexity index is 1240. The van der Waals surface area contributed by atoms with E-state index in [1.54, 1.807) is 6.07 Å². The standard InChI is InChI=1S/C25H32N4O5S2/c1-18(2)34-24-9-8-21(36(26,30)31)16-22(24)27-25-28-23(17-35-25)19-4-6-20(7-5-19)33-13-3-10-29-11-14-32-15-12-29/h4-9,16-18H,3,10-15H2,1-2H3,(H,27,28)(H2,26,30,31). The van der Waals surface area contributed by atoms with Crippen LogP contribution in [-0.2, 0) is 14.8 Å². The van der Waals surface area contributed by atoms with Crippen LogP contribution in [0.4, 0.5) is 10.8 Å². The molecule has 4 rings (SSSR count). The largest absolute Gasteiger partial charge is 0.494 e. The van der Waals surface area contributed by atoms with E-state index < -0.39 is 10.0 Å². The number of aromatic nitrogens is 1. The van der Waals surface area contributed by atoms with Crippen LogP contribution in [0.3, 0.4) is 0 Å². The van der Waals surface area contributed by atoms with Crippen molar-refractivity contribution in [1.82, 2.24) is 9.88 Å². The van der Waals surface area contributed by atoms with Gasteiger partial charge in [-0.05, 0) is 62.7 Å². The van der Waals surface area contributed by atoms with Crippen molar-refractivity contribution in [2.45, 2.75) is 31.3 Å². The molecule has 2 heterocycles. The van der Waals surface area contributed by atoms with Crippen molar-refractivity contribution >= 4 is 32.2 Å². The second-order valence-electron chi connectivity index (χ2n) is 8.71. The molecule has 2 aromatic carbocycles. The molecular formula is C25H32N4O5S2. The number of morpholine rings is 1. The second-order valence-corrected chi connectivity index (χ2v) is 11.1. The van der Waals surface area contributed by atoms with Gasteiger partial charge in [-0.3, -0.25) is 4.90 Å². The number of benzene rings is 2. The Balaban J connectivity index is 1.37. The fourth-order valence-corrected chi connectivity index (χ4v) is 5.02. The van der Waals surface area contributed by atoms with Crippen LogP contribution in [0.15, 0.2) is 52.7 Å². The lowest BCUT2D eigenvalue weighted by molar-refractivity contribution is 0.0358. The average molecular weight is 533 g/mol. The van der Waals surface area contributed by atoms with E-state index in [2.05, 4.69) is 15.2 Å². The van der Waals surface area contributed by atoms with Gasteiger partial charge in [-0.2, -0.15) is 0 Å². The first-order chi connectivity index (χ1) is 17.3. The van der Waals surface area contributed by atoms with E-state index in [0.29, 0.717) is 23.2 Å². The first-order valence-corrected chi connectivity index (χ1v) is 14.3. The maximum absolute atomic E-state index is 11.8. The molecule has 0 amide bonds. The number of nitrogens with one attached hydrogen (secondary N) is 1. The van der Waals surface area contributed by atoms with Crippen molar-refractivity contribution in [3.63, 3.8) is 0 Å². The Kier molecular flexibility index (Phi) is 8.81. The predicted octanol–water partition coefficient (Wildman–Crippen LogP) is 4.09. The van der Waals surface area contributed by atoms with Crippen molar-refractivity contribution in [3.05, 3.63) is 47.8 Å². The van der Waals surface area contributed by atoms with Gasteiger partial charge in [-0.15, -0.1) is 11.3 Å². The van der Waals surface area contributed by atoms with Gasteiger partial charge >= 0.3 is 0 Å². The molecule has 0 saturated carbocycles. The predicted molar refractivity (Wildman–Crippen MR) is 142 cm³/mol. The zero-order valence-electron chi connectivity index (χ0n) is 20.5. The van der Waals surface area contributed by atoms with Crippen molar-refractivity contribution in [1.29, 1.82) is 0 Å². The fraction of sp³-hybridized carbons (Fsp3) is 0.400. The number of nitrogens with two attached hydrogens (primary N) is 1. The van der Waals surface area contributed by atoms with Crippen LogP contribution in [0.2, 0.25) is 0 Å². The van der Waals surface area contributed by atoms with E-state index in [-0.39, 0.29) is 11.0 Å². The Labute approximate surface area is 216 Å². The molecule has 0 unspecified atom stereocenters. The topological polar surface area (TPSA) is 116 Å². The normalized spacial score (nSPS) is 14.7. The Morgan fingerprint density at radius 1 is 1.17 bits per heavy atom. The fourth-order valence-electron chi connectivity index (χ4n) is 3.74. The van der Waals surface area contributed by atoms with Gasteiger partial charge in [-0.25, -0.2) is 18.5 Å². The van der Waals surface area contributed by atoms with Gasteiger partial charge in [0.1, 0.15) is 11.5 Å². The maximum Gasteiger partial charge on any atom is 0.238 e. The summed E-state index contributed by atoms with van der Waals surface area (Å²) in [6.07, 6.45) is 0.885. The number of thiazole rings is 1. The van der Waals surface area contributed by atoms with E-state index in [0.717, 1.165) is 56.3 Å². The van der Waals surface area contributed by atoms with Gasteiger partial charge < -0.3 is 19.5 Å². The Hall–Kier alpha value is -2.70. The summed E-state index contributed by atoms with van der Waals surface area (Å²) < 4.78 is 40.7. The number of hydrogen-bond acceptors (Lipinski definition) is 9. The minimum absolute atomic E-state index is 0.00146. The summed E-state index contributed by atoms with van der Waals surface area (Å²) in [5.74, 6) is 1.34. The number of hydrogen-bond donors (Lipinski definition) is 2. The monoisotopic (exact) mass is 532 g/mol. The van der Waals surface area contributed by atoms with Crippen LogP contribution >= 0.6 is 11.3 Å². The molecule has 0 radical (unpaired) electrons. The lowest BCUT2D eigenvalue weighted by Crippen LogP contribution is -2.37. The molecule has 3 aromatic rings. The van der Waals surface area contributed by atoms with Crippen molar-refractivity contribution in [2.24, 2.45) is 5.14 Å². The number of nitrogens with zero attached hydrogens (tertiary/aromatic N) is 2. The molecule has 1 aliphatic heterocycles. The van der Waals surface area contributed by atoms with Crippen LogP contribution in [0, 0.1) is 0 Å². The molecule has 9 nitrogen and oxygen atoms in total. The third kappa shape index (κ3) is 7.40. The molecule has 0 bridgehead atoms. The number of anilines is 2. The minimum Gasteiger partial charge on any atom is -0.494 e. The first kappa shape index (κ1) is 26.4. The van der Waals surface area contributed by atoms with E-state index in [1.165, 1.54) is 23.5 Å². The van der Waals surface area contributed by atoms with Gasteiger partial charge in [-0.1, -0.05) is 0 Å². The number of rotatable bonds is 11. The van der Waals surface area contributed by atoms with Crippen molar-refractivity contribution < 1.29 is 22.6 Å². The Morgan fingerprint density at radius 2 is 1.92 bits per heavy atom. The molecule has 1 aromatic heterocycles. The molecular weight excluding hydrogens is 500 g/mol. The Morgan fingerprint density at radius 3 is 2.61 bits per heavy atom. The smallest absolute Gasteiger partial charge is 0.238 e.